The summed E-state index contributed by atoms with van der Waals surface area (Å²) in [5.41, 5.74) is 5.49. The number of fused-ring (bicyclic) bond motifs is 2. The summed E-state index contributed by atoms with van der Waals surface area (Å²) in [6.07, 6.45) is 12.8. The van der Waals surface area contributed by atoms with E-state index in [4.69, 9.17) is 19.9 Å². The van der Waals surface area contributed by atoms with Crippen LogP contribution in [0, 0.1) is 23.2 Å². The number of hydrogen-bond acceptors (Lipinski definition) is 6. The smallest absolute Gasteiger partial charge is 0.334 e. The van der Waals surface area contributed by atoms with Crippen LogP contribution in [0.3, 0.4) is 0 Å². The standard InChI is InChI=1S/C29H46N2O5/c1-5-18(2)26(33)36-27(3,4)29(28(12-6-7-13-28)21-9-10-24(30)31-17-21)16-20-14-19-8-11-25(32)34-22(19)15-23(20)35-29/h5,19-24,31H,6-17,30H2,1-4H3/p+1/t19?,20?,21?,22?,23?,24?,29-/m1/s1. The number of quaternary nitrogens is 1. The number of carbonyl (C=O) groups is 2. The van der Waals surface area contributed by atoms with E-state index in [2.05, 4.69) is 19.2 Å². The summed E-state index contributed by atoms with van der Waals surface area (Å²) in [7, 11) is 0. The lowest BCUT2D eigenvalue weighted by atomic mass is 9.54. The van der Waals surface area contributed by atoms with E-state index in [1.54, 1.807) is 0 Å². The molecule has 5 fully saturated rings. The van der Waals surface area contributed by atoms with Crippen molar-refractivity contribution in [2.45, 2.75) is 128 Å². The van der Waals surface area contributed by atoms with E-state index in [0.717, 1.165) is 57.9 Å². The fourth-order valence-corrected chi connectivity index (χ4v) is 8.76. The zero-order valence-corrected chi connectivity index (χ0v) is 22.7. The van der Waals surface area contributed by atoms with E-state index in [1.807, 2.05) is 19.9 Å². The molecule has 7 atom stereocenters. The Labute approximate surface area is 216 Å². The number of allylic oxidation sites excluding steroid dienone is 1. The van der Waals surface area contributed by atoms with Gasteiger partial charge >= 0.3 is 11.9 Å². The summed E-state index contributed by atoms with van der Waals surface area (Å²) in [6.45, 7) is 8.89. The predicted molar refractivity (Wildman–Crippen MR) is 136 cm³/mol. The van der Waals surface area contributed by atoms with Crippen LogP contribution in [0.4, 0.5) is 0 Å². The molecule has 4 N–H and O–H groups in total. The minimum Gasteiger partial charge on any atom is -0.462 e. The van der Waals surface area contributed by atoms with E-state index in [-0.39, 0.29) is 35.7 Å². The van der Waals surface area contributed by atoms with Crippen molar-refractivity contribution in [3.8, 4) is 0 Å². The van der Waals surface area contributed by atoms with Gasteiger partial charge in [-0.2, -0.15) is 0 Å². The molecule has 6 unspecified atom stereocenters. The lowest BCUT2D eigenvalue weighted by molar-refractivity contribution is -0.705. The zero-order valence-electron chi connectivity index (χ0n) is 22.7. The summed E-state index contributed by atoms with van der Waals surface area (Å²) < 4.78 is 19.6. The maximum Gasteiger partial charge on any atom is 0.334 e. The van der Waals surface area contributed by atoms with E-state index in [1.165, 1.54) is 12.8 Å². The topological polar surface area (TPSA) is 104 Å². The van der Waals surface area contributed by atoms with Crippen LogP contribution in [0.25, 0.3) is 0 Å². The highest BCUT2D eigenvalue weighted by molar-refractivity contribution is 5.88. The number of piperidine rings is 1. The van der Waals surface area contributed by atoms with Crippen molar-refractivity contribution in [3.63, 3.8) is 0 Å². The molecule has 2 aliphatic carbocycles. The second-order valence-corrected chi connectivity index (χ2v) is 12.9. The van der Waals surface area contributed by atoms with Gasteiger partial charge in [-0.15, -0.1) is 0 Å². The monoisotopic (exact) mass is 503 g/mol. The zero-order chi connectivity index (χ0) is 25.7. The van der Waals surface area contributed by atoms with Gasteiger partial charge in [-0.1, -0.05) is 18.9 Å². The van der Waals surface area contributed by atoms with Gasteiger partial charge in [-0.25, -0.2) is 4.79 Å². The van der Waals surface area contributed by atoms with Crippen LogP contribution in [-0.4, -0.2) is 48.1 Å². The lowest BCUT2D eigenvalue weighted by Gasteiger charge is -2.57. The van der Waals surface area contributed by atoms with Crippen LogP contribution in [0.15, 0.2) is 11.6 Å². The maximum atomic E-state index is 13.2. The number of esters is 2. The average Bonchev–Trinajstić information content (AvgIpc) is 3.49. The molecule has 36 heavy (non-hydrogen) atoms. The van der Waals surface area contributed by atoms with Crippen molar-refractivity contribution in [1.82, 2.24) is 0 Å². The van der Waals surface area contributed by atoms with Gasteiger partial charge in [0, 0.05) is 36.2 Å². The van der Waals surface area contributed by atoms with Gasteiger partial charge in [-0.05, 0) is 78.1 Å². The quantitative estimate of drug-likeness (QED) is 0.440. The van der Waals surface area contributed by atoms with Crippen molar-refractivity contribution in [3.05, 3.63) is 11.6 Å². The van der Waals surface area contributed by atoms with Gasteiger partial charge in [0.1, 0.15) is 23.5 Å². The van der Waals surface area contributed by atoms with Crippen LogP contribution in [0.2, 0.25) is 0 Å². The molecule has 0 amide bonds. The van der Waals surface area contributed by atoms with Crippen molar-refractivity contribution in [2.75, 3.05) is 6.54 Å². The number of ether oxygens (including phenoxy) is 3. The molecular weight excluding hydrogens is 456 g/mol. The fourth-order valence-electron chi connectivity index (χ4n) is 8.76. The first-order valence-corrected chi connectivity index (χ1v) is 14.4. The Hall–Kier alpha value is -1.44. The predicted octanol–water partition coefficient (Wildman–Crippen LogP) is 3.35. The molecule has 7 nitrogen and oxygen atoms in total. The van der Waals surface area contributed by atoms with Crippen molar-refractivity contribution in [2.24, 2.45) is 28.9 Å². The average molecular weight is 504 g/mol. The first-order chi connectivity index (χ1) is 17.1. The molecular formula is C29H47N2O5+. The van der Waals surface area contributed by atoms with Crippen LogP contribution in [0.5, 0.6) is 0 Å². The second kappa shape index (κ2) is 9.70. The van der Waals surface area contributed by atoms with Crippen LogP contribution in [0.1, 0.15) is 98.3 Å². The molecule has 0 radical (unpaired) electrons. The molecule has 3 heterocycles. The van der Waals surface area contributed by atoms with Gasteiger partial charge in [0.2, 0.25) is 0 Å². The van der Waals surface area contributed by atoms with Gasteiger partial charge in [0.05, 0.1) is 12.6 Å². The normalized spacial score (nSPS) is 40.8. The van der Waals surface area contributed by atoms with Gasteiger partial charge in [0.25, 0.3) is 0 Å². The van der Waals surface area contributed by atoms with Crippen molar-refractivity contribution in [1.29, 1.82) is 0 Å². The fraction of sp³-hybridized carbons (Fsp3) is 0.862. The van der Waals surface area contributed by atoms with E-state index in [0.29, 0.717) is 29.7 Å². The number of nitrogens with two attached hydrogens (primary N) is 2. The Kier molecular flexibility index (Phi) is 7.05. The molecule has 3 saturated heterocycles. The van der Waals surface area contributed by atoms with Crippen LogP contribution >= 0.6 is 0 Å². The SMILES string of the molecule is CC=C(C)C(=O)OC(C)(C)[C@@]1(C2(C3CCC(N)[NH2+]C3)CCCC2)CC2CC3CCC(=O)OC3CC2O1. The molecule has 0 aromatic carbocycles. The summed E-state index contributed by atoms with van der Waals surface area (Å²) in [4.78, 5) is 25.2. The summed E-state index contributed by atoms with van der Waals surface area (Å²) in [6, 6.07) is 0. The Morgan fingerprint density at radius 1 is 1.14 bits per heavy atom. The second-order valence-electron chi connectivity index (χ2n) is 12.9. The molecule has 2 saturated carbocycles. The summed E-state index contributed by atoms with van der Waals surface area (Å²) in [5.74, 6) is 0.960. The minimum atomic E-state index is -0.794. The Balaban J connectivity index is 1.53. The molecule has 0 spiro atoms. The molecule has 5 aliphatic rings. The highest BCUT2D eigenvalue weighted by atomic mass is 16.6. The third kappa shape index (κ3) is 4.23. The Morgan fingerprint density at radius 2 is 1.89 bits per heavy atom. The van der Waals surface area contributed by atoms with Crippen molar-refractivity contribution < 1.29 is 29.1 Å². The van der Waals surface area contributed by atoms with Crippen LogP contribution < -0.4 is 11.1 Å². The maximum absolute atomic E-state index is 13.2. The summed E-state index contributed by atoms with van der Waals surface area (Å²) >= 11 is 0. The van der Waals surface area contributed by atoms with Gasteiger partial charge in [0.15, 0.2) is 0 Å². The molecule has 0 bridgehead atoms. The van der Waals surface area contributed by atoms with Gasteiger partial charge in [-0.3, -0.25) is 10.5 Å². The molecule has 5 rings (SSSR count). The first-order valence-electron chi connectivity index (χ1n) is 14.4. The lowest BCUT2D eigenvalue weighted by Crippen LogP contribution is -2.96. The largest absolute Gasteiger partial charge is 0.462 e. The van der Waals surface area contributed by atoms with Crippen molar-refractivity contribution >= 4 is 11.9 Å². The highest BCUT2D eigenvalue weighted by Gasteiger charge is 2.70. The number of hydrogen-bond donors (Lipinski definition) is 2. The third-order valence-corrected chi connectivity index (χ3v) is 10.8. The van der Waals surface area contributed by atoms with Crippen LogP contribution in [-0.2, 0) is 23.8 Å². The summed E-state index contributed by atoms with van der Waals surface area (Å²) in [5, 5.41) is 2.31. The Morgan fingerprint density at radius 3 is 2.56 bits per heavy atom. The van der Waals surface area contributed by atoms with E-state index >= 15 is 0 Å². The Bertz CT molecular complexity index is 886. The molecule has 3 aliphatic heterocycles. The molecule has 0 aromatic heterocycles. The molecule has 7 heteroatoms. The first kappa shape index (κ1) is 26.2. The van der Waals surface area contributed by atoms with Gasteiger partial charge < -0.3 is 19.5 Å². The highest BCUT2D eigenvalue weighted by Crippen LogP contribution is 2.65. The van der Waals surface area contributed by atoms with E-state index in [9.17, 15) is 9.59 Å². The number of carbonyl (C=O) groups excluding carboxylic acids is 2. The minimum absolute atomic E-state index is 0.0326. The van der Waals surface area contributed by atoms with E-state index < -0.39 is 11.2 Å². The molecule has 202 valence electrons. The third-order valence-electron chi connectivity index (χ3n) is 10.8. The number of rotatable bonds is 5. The molecule has 0 aromatic rings.